The molecule has 8 N–H and O–H groups in total. The molecule has 0 aromatic heterocycles. The van der Waals surface area contributed by atoms with Crippen LogP contribution in [0.1, 0.15) is 0 Å². The molecule has 0 amide bonds. The van der Waals surface area contributed by atoms with Gasteiger partial charge >= 0.3 is 0 Å². The molecule has 0 spiro atoms. The molecule has 21 heteroatoms. The zero-order valence-electron chi connectivity index (χ0n) is 32.1. The summed E-state index contributed by atoms with van der Waals surface area (Å²) in [4.78, 5) is 0. The van der Waals surface area contributed by atoms with Gasteiger partial charge in [-0.25, -0.2) is 0 Å². The molecular weight excluding hydrogens is 744 g/mol. The summed E-state index contributed by atoms with van der Waals surface area (Å²) in [6.07, 6.45) is -4.11. The van der Waals surface area contributed by atoms with Crippen molar-refractivity contribution >= 4 is 0 Å². The Hall–Kier alpha value is -0.840. The summed E-state index contributed by atoms with van der Waals surface area (Å²) in [7, 11) is 0. The van der Waals surface area contributed by atoms with Gasteiger partial charge in [-0.1, -0.05) is 0 Å². The van der Waals surface area contributed by atoms with Crippen molar-refractivity contribution in [1.29, 1.82) is 0 Å². The van der Waals surface area contributed by atoms with Gasteiger partial charge in [0.1, 0.15) is 36.6 Å². The second-order valence-electron chi connectivity index (χ2n) is 11.6. The standard InChI is InChI=1S/C34H70O21/c35-1-9-43-17-29(18-44-10-2-36)51-25-33(26-52-30(19-45-11-3-37)20-46-12-4-38)55-34(27-53-31(21-47-13-5-39)22-48-14-6-40)28-54-32(23-49-15-7-41)24-50-16-8-42/h29-42H,1-28H2. The molecule has 0 bridgehead atoms. The van der Waals surface area contributed by atoms with Gasteiger partial charge < -0.3 is 102 Å². The molecule has 0 radical (unpaired) electrons. The zero-order chi connectivity index (χ0) is 40.5. The van der Waals surface area contributed by atoms with Crippen molar-refractivity contribution in [2.75, 3.05) is 185 Å². The summed E-state index contributed by atoms with van der Waals surface area (Å²) in [6, 6.07) is 0. The third kappa shape index (κ3) is 34.9. The van der Waals surface area contributed by atoms with Crippen molar-refractivity contribution in [3.05, 3.63) is 0 Å². The minimum absolute atomic E-state index is 0.0640. The molecule has 0 saturated carbocycles. The summed E-state index contributed by atoms with van der Waals surface area (Å²) < 4.78 is 74.9. The van der Waals surface area contributed by atoms with Crippen molar-refractivity contribution in [2.45, 2.75) is 36.6 Å². The Bertz CT molecular complexity index is 593. The highest BCUT2D eigenvalue weighted by Crippen LogP contribution is 2.11. The summed E-state index contributed by atoms with van der Waals surface area (Å²) in [5.74, 6) is 0. The molecule has 0 fully saturated rings. The van der Waals surface area contributed by atoms with Crippen LogP contribution in [0.2, 0.25) is 0 Å². The first-order valence-electron chi connectivity index (χ1n) is 18.6. The molecular formula is C34H70O21. The van der Waals surface area contributed by atoms with Crippen LogP contribution in [0, 0.1) is 0 Å². The second kappa shape index (κ2) is 42.8. The number of hydrogen-bond acceptors (Lipinski definition) is 21. The van der Waals surface area contributed by atoms with E-state index in [-0.39, 0.29) is 185 Å². The first-order chi connectivity index (χ1) is 27.0. The lowest BCUT2D eigenvalue weighted by molar-refractivity contribution is -0.179. The van der Waals surface area contributed by atoms with E-state index in [0.717, 1.165) is 0 Å². The fraction of sp³-hybridized carbons (Fsp3) is 1.00. The molecule has 332 valence electrons. The van der Waals surface area contributed by atoms with Gasteiger partial charge in [0.15, 0.2) is 0 Å². The maximum Gasteiger partial charge on any atom is 0.105 e. The van der Waals surface area contributed by atoms with Crippen LogP contribution in [0.4, 0.5) is 0 Å². The van der Waals surface area contributed by atoms with Crippen LogP contribution in [-0.2, 0) is 61.6 Å². The van der Waals surface area contributed by atoms with E-state index in [4.69, 9.17) is 61.6 Å². The number of aliphatic hydroxyl groups excluding tert-OH is 8. The molecule has 0 aliphatic heterocycles. The highest BCUT2D eigenvalue weighted by molar-refractivity contribution is 4.70. The predicted octanol–water partition coefficient (Wildman–Crippen LogP) is -4.65. The fourth-order valence-corrected chi connectivity index (χ4v) is 4.31. The normalized spacial score (nSPS) is 12.3. The first kappa shape index (κ1) is 54.2. The SMILES string of the molecule is OCCOCC(COCCO)OCC(COC(COCCO)COCCO)OC(COC(COCCO)COCCO)COC(COCCO)COCCO. The minimum atomic E-state index is -0.807. The molecule has 55 heavy (non-hydrogen) atoms. The molecule has 0 aliphatic rings. The van der Waals surface area contributed by atoms with Gasteiger partial charge in [-0.15, -0.1) is 0 Å². The van der Waals surface area contributed by atoms with E-state index >= 15 is 0 Å². The maximum absolute atomic E-state index is 9.19. The Kier molecular flexibility index (Phi) is 42.1. The van der Waals surface area contributed by atoms with E-state index in [2.05, 4.69) is 0 Å². The second-order valence-corrected chi connectivity index (χ2v) is 11.6. The lowest BCUT2D eigenvalue weighted by Gasteiger charge is -2.30. The highest BCUT2D eigenvalue weighted by atomic mass is 16.6. The van der Waals surface area contributed by atoms with Gasteiger partial charge in [0.05, 0.1) is 185 Å². The minimum Gasteiger partial charge on any atom is -0.394 e. The Labute approximate surface area is 324 Å². The topological polar surface area (TPSA) is 282 Å². The third-order valence-electron chi connectivity index (χ3n) is 6.77. The summed E-state index contributed by atoms with van der Waals surface area (Å²) in [6.45, 7) is -0.791. The summed E-state index contributed by atoms with van der Waals surface area (Å²) in [5.41, 5.74) is 0. The quantitative estimate of drug-likeness (QED) is 0.0268. The van der Waals surface area contributed by atoms with Crippen LogP contribution in [0.3, 0.4) is 0 Å². The monoisotopic (exact) mass is 814 g/mol. The number of hydrogen-bond donors (Lipinski definition) is 8. The summed E-state index contributed by atoms with van der Waals surface area (Å²) >= 11 is 0. The molecule has 0 rings (SSSR count). The third-order valence-corrected chi connectivity index (χ3v) is 6.77. The Balaban J connectivity index is 6.28. The largest absolute Gasteiger partial charge is 0.394 e. The number of aliphatic hydroxyl groups is 8. The fourth-order valence-electron chi connectivity index (χ4n) is 4.31. The van der Waals surface area contributed by atoms with Crippen molar-refractivity contribution in [2.24, 2.45) is 0 Å². The van der Waals surface area contributed by atoms with E-state index in [9.17, 15) is 40.9 Å². The lowest BCUT2D eigenvalue weighted by Crippen LogP contribution is -2.42. The van der Waals surface area contributed by atoms with Gasteiger partial charge in [-0.3, -0.25) is 0 Å². The van der Waals surface area contributed by atoms with Crippen LogP contribution in [0.5, 0.6) is 0 Å². The lowest BCUT2D eigenvalue weighted by atomic mass is 10.3. The number of ether oxygens (including phenoxy) is 13. The van der Waals surface area contributed by atoms with Crippen molar-refractivity contribution < 1.29 is 102 Å². The predicted molar refractivity (Wildman–Crippen MR) is 191 cm³/mol. The van der Waals surface area contributed by atoms with Crippen LogP contribution in [0.25, 0.3) is 0 Å². The molecule has 0 atom stereocenters. The van der Waals surface area contributed by atoms with E-state index < -0.39 is 36.6 Å². The average Bonchev–Trinajstić information content (AvgIpc) is 3.19. The van der Waals surface area contributed by atoms with Crippen molar-refractivity contribution in [3.8, 4) is 0 Å². The zero-order valence-corrected chi connectivity index (χ0v) is 32.1. The van der Waals surface area contributed by atoms with Crippen molar-refractivity contribution in [1.82, 2.24) is 0 Å². The number of rotatable bonds is 46. The average molecular weight is 815 g/mol. The van der Waals surface area contributed by atoms with Gasteiger partial charge in [-0.2, -0.15) is 0 Å². The Morgan fingerprint density at radius 2 is 0.382 bits per heavy atom. The molecule has 0 aromatic rings. The van der Waals surface area contributed by atoms with Gasteiger partial charge in [0.25, 0.3) is 0 Å². The maximum atomic E-state index is 9.19. The smallest absolute Gasteiger partial charge is 0.105 e. The van der Waals surface area contributed by atoms with Gasteiger partial charge in [0.2, 0.25) is 0 Å². The van der Waals surface area contributed by atoms with Gasteiger partial charge in [0, 0.05) is 0 Å². The van der Waals surface area contributed by atoms with E-state index in [1.807, 2.05) is 0 Å². The van der Waals surface area contributed by atoms with E-state index in [1.54, 1.807) is 0 Å². The van der Waals surface area contributed by atoms with Crippen LogP contribution < -0.4 is 0 Å². The molecule has 0 heterocycles. The molecule has 0 aliphatic carbocycles. The van der Waals surface area contributed by atoms with Crippen LogP contribution in [0.15, 0.2) is 0 Å². The molecule has 0 unspecified atom stereocenters. The molecule has 21 nitrogen and oxygen atoms in total. The van der Waals surface area contributed by atoms with Gasteiger partial charge in [-0.05, 0) is 0 Å². The molecule has 0 saturated heterocycles. The molecule has 0 aromatic carbocycles. The van der Waals surface area contributed by atoms with E-state index in [1.165, 1.54) is 0 Å². The van der Waals surface area contributed by atoms with Crippen LogP contribution in [-0.4, -0.2) is 262 Å². The van der Waals surface area contributed by atoms with Crippen LogP contribution >= 0.6 is 0 Å². The summed E-state index contributed by atoms with van der Waals surface area (Å²) in [5, 5.41) is 73.5. The van der Waals surface area contributed by atoms with Crippen molar-refractivity contribution in [3.63, 3.8) is 0 Å². The highest BCUT2D eigenvalue weighted by Gasteiger charge is 2.25. The van der Waals surface area contributed by atoms with E-state index in [0.29, 0.717) is 0 Å². The first-order valence-corrected chi connectivity index (χ1v) is 18.6. The Morgan fingerprint density at radius 1 is 0.218 bits per heavy atom. The Morgan fingerprint density at radius 3 is 0.527 bits per heavy atom.